The van der Waals surface area contributed by atoms with E-state index in [1.54, 1.807) is 0 Å². The van der Waals surface area contributed by atoms with E-state index in [1.165, 1.54) is 19.5 Å². The van der Waals surface area contributed by atoms with Crippen LogP contribution < -0.4 is 5.73 Å². The van der Waals surface area contributed by atoms with Crippen LogP contribution in [0.4, 0.5) is 0 Å². The Balaban J connectivity index is 1.83. The van der Waals surface area contributed by atoms with Crippen LogP contribution in [0.5, 0.6) is 0 Å². The summed E-state index contributed by atoms with van der Waals surface area (Å²) in [6, 6.07) is 2.35. The summed E-state index contributed by atoms with van der Waals surface area (Å²) in [5.74, 6) is 2.04. The van der Waals surface area contributed by atoms with Gasteiger partial charge in [0.05, 0.1) is 6.07 Å². The van der Waals surface area contributed by atoms with E-state index in [4.69, 9.17) is 5.73 Å². The van der Waals surface area contributed by atoms with Gasteiger partial charge < -0.3 is 10.6 Å². The van der Waals surface area contributed by atoms with Crippen molar-refractivity contribution < 1.29 is 0 Å². The lowest BCUT2D eigenvalue weighted by Gasteiger charge is -2.36. The number of nitrogens with zero attached hydrogens (tertiary/aromatic N) is 2. The molecule has 0 bridgehead atoms. The monoisotopic (exact) mass is 249 g/mol. The van der Waals surface area contributed by atoms with Crippen LogP contribution in [0.25, 0.3) is 0 Å². The lowest BCUT2D eigenvalue weighted by molar-refractivity contribution is 0.130. The van der Waals surface area contributed by atoms with Crippen molar-refractivity contribution in [3.63, 3.8) is 0 Å². The van der Waals surface area contributed by atoms with Gasteiger partial charge in [0.1, 0.15) is 5.54 Å². The number of nitrogens with two attached hydrogens (primary N) is 1. The van der Waals surface area contributed by atoms with Gasteiger partial charge in [0, 0.05) is 13.1 Å². The van der Waals surface area contributed by atoms with Crippen molar-refractivity contribution in [3.05, 3.63) is 0 Å². The van der Waals surface area contributed by atoms with Crippen LogP contribution >= 0.6 is 0 Å². The zero-order valence-corrected chi connectivity index (χ0v) is 11.9. The molecule has 2 aliphatic rings. The number of hydrogen-bond donors (Lipinski definition) is 1. The van der Waals surface area contributed by atoms with Crippen LogP contribution in [-0.2, 0) is 0 Å². The van der Waals surface area contributed by atoms with Gasteiger partial charge in [-0.15, -0.1) is 0 Å². The molecular weight excluding hydrogens is 222 g/mol. The predicted octanol–water partition coefficient (Wildman–Crippen LogP) is 2.38. The molecule has 18 heavy (non-hydrogen) atoms. The Labute approximate surface area is 111 Å². The summed E-state index contributed by atoms with van der Waals surface area (Å²) in [6.45, 7) is 8.27. The molecule has 1 heterocycles. The van der Waals surface area contributed by atoms with Crippen LogP contribution in [0.15, 0.2) is 0 Å². The summed E-state index contributed by atoms with van der Waals surface area (Å²) in [7, 11) is 0. The Kier molecular flexibility index (Phi) is 4.29. The molecule has 0 aromatic carbocycles. The molecular formula is C15H27N3. The molecule has 0 spiro atoms. The zero-order valence-electron chi connectivity index (χ0n) is 11.9. The lowest BCUT2D eigenvalue weighted by Crippen LogP contribution is -2.44. The Morgan fingerprint density at radius 3 is 2.61 bits per heavy atom. The highest BCUT2D eigenvalue weighted by Gasteiger charge is 2.39. The third kappa shape index (κ3) is 3.05. The van der Waals surface area contributed by atoms with Gasteiger partial charge in [0.25, 0.3) is 0 Å². The van der Waals surface area contributed by atoms with E-state index in [0.29, 0.717) is 5.92 Å². The Morgan fingerprint density at radius 2 is 2.00 bits per heavy atom. The maximum Gasteiger partial charge on any atom is 0.107 e. The maximum absolute atomic E-state index is 9.23. The molecule has 3 heteroatoms. The summed E-state index contributed by atoms with van der Waals surface area (Å²) in [6.07, 6.45) is 5.62. The highest BCUT2D eigenvalue weighted by atomic mass is 15.1. The van der Waals surface area contributed by atoms with E-state index in [-0.39, 0.29) is 0 Å². The van der Waals surface area contributed by atoms with Crippen LogP contribution in [0.2, 0.25) is 0 Å². The van der Waals surface area contributed by atoms with Gasteiger partial charge >= 0.3 is 0 Å². The normalized spacial score (nSPS) is 41.8. The summed E-state index contributed by atoms with van der Waals surface area (Å²) in [5, 5.41) is 9.23. The molecule has 1 aliphatic heterocycles. The van der Waals surface area contributed by atoms with Crippen LogP contribution in [-0.4, -0.2) is 30.1 Å². The van der Waals surface area contributed by atoms with E-state index < -0.39 is 5.54 Å². The van der Waals surface area contributed by atoms with Gasteiger partial charge in [0.15, 0.2) is 0 Å². The van der Waals surface area contributed by atoms with Crippen molar-refractivity contribution in [2.75, 3.05) is 19.6 Å². The van der Waals surface area contributed by atoms with Crippen molar-refractivity contribution in [1.82, 2.24) is 4.90 Å². The van der Waals surface area contributed by atoms with E-state index in [2.05, 4.69) is 24.8 Å². The van der Waals surface area contributed by atoms with Crippen LogP contribution in [0.3, 0.4) is 0 Å². The lowest BCUT2D eigenvalue weighted by atomic mass is 9.86. The summed E-state index contributed by atoms with van der Waals surface area (Å²) in [4.78, 5) is 2.58. The topological polar surface area (TPSA) is 53.0 Å². The third-order valence-electron chi connectivity index (χ3n) is 4.82. The molecule has 1 saturated heterocycles. The summed E-state index contributed by atoms with van der Waals surface area (Å²) < 4.78 is 0. The number of nitriles is 1. The third-order valence-corrected chi connectivity index (χ3v) is 4.82. The van der Waals surface area contributed by atoms with Gasteiger partial charge in [-0.2, -0.15) is 5.26 Å². The molecule has 1 aliphatic carbocycles. The number of rotatable bonds is 3. The SMILES string of the molecule is CC1CC(C)CN(CCC2CCCC2(N)C#N)C1. The molecule has 2 rings (SSSR count). The fourth-order valence-corrected chi connectivity index (χ4v) is 3.96. The zero-order chi connectivity index (χ0) is 13.2. The first-order valence-corrected chi connectivity index (χ1v) is 7.46. The van der Waals surface area contributed by atoms with Crippen LogP contribution in [0, 0.1) is 29.1 Å². The number of piperidine rings is 1. The first-order valence-electron chi connectivity index (χ1n) is 7.46. The first-order chi connectivity index (χ1) is 8.53. The van der Waals surface area contributed by atoms with Crippen LogP contribution in [0.1, 0.15) is 46.0 Å². The minimum atomic E-state index is -0.535. The average molecular weight is 249 g/mol. The van der Waals surface area contributed by atoms with E-state index in [9.17, 15) is 5.26 Å². The van der Waals surface area contributed by atoms with Crippen molar-refractivity contribution in [3.8, 4) is 6.07 Å². The second-order valence-corrected chi connectivity index (χ2v) is 6.74. The highest BCUT2D eigenvalue weighted by Crippen LogP contribution is 2.36. The van der Waals surface area contributed by atoms with Gasteiger partial charge in [-0.25, -0.2) is 0 Å². The Bertz CT molecular complexity index is 312. The molecule has 0 aromatic rings. The average Bonchev–Trinajstić information content (AvgIpc) is 2.68. The van der Waals surface area contributed by atoms with E-state index in [1.807, 2.05) is 0 Å². The molecule has 4 atom stereocenters. The maximum atomic E-state index is 9.23. The van der Waals surface area contributed by atoms with E-state index >= 15 is 0 Å². The van der Waals surface area contributed by atoms with Gasteiger partial charge in [-0.05, 0) is 50.0 Å². The molecule has 0 aromatic heterocycles. The molecule has 2 N–H and O–H groups in total. The smallest absolute Gasteiger partial charge is 0.107 e. The minimum absolute atomic E-state index is 0.412. The Hall–Kier alpha value is -0.590. The van der Waals surface area contributed by atoms with Gasteiger partial charge in [-0.3, -0.25) is 0 Å². The largest absolute Gasteiger partial charge is 0.313 e. The standard InChI is InChI=1S/C15H27N3/c1-12-8-13(2)10-18(9-12)7-5-14-4-3-6-15(14,17)11-16/h12-14H,3-10,17H2,1-2H3. The van der Waals surface area contributed by atoms with Gasteiger partial charge in [0.2, 0.25) is 0 Å². The molecule has 1 saturated carbocycles. The predicted molar refractivity (Wildman–Crippen MR) is 73.9 cm³/mol. The summed E-state index contributed by atoms with van der Waals surface area (Å²) in [5.41, 5.74) is 5.66. The first kappa shape index (κ1) is 13.8. The highest BCUT2D eigenvalue weighted by molar-refractivity contribution is 5.12. The molecule has 102 valence electrons. The fraction of sp³-hybridized carbons (Fsp3) is 0.933. The van der Waals surface area contributed by atoms with E-state index in [0.717, 1.165) is 44.1 Å². The van der Waals surface area contributed by atoms with Crippen molar-refractivity contribution in [1.29, 1.82) is 5.26 Å². The number of likely N-dealkylation sites (tertiary alicyclic amines) is 1. The Morgan fingerprint density at radius 1 is 1.33 bits per heavy atom. The second kappa shape index (κ2) is 5.59. The van der Waals surface area contributed by atoms with Crippen molar-refractivity contribution >= 4 is 0 Å². The number of hydrogen-bond acceptors (Lipinski definition) is 3. The van der Waals surface area contributed by atoms with Crippen molar-refractivity contribution in [2.24, 2.45) is 23.5 Å². The molecule has 3 nitrogen and oxygen atoms in total. The molecule has 0 amide bonds. The molecule has 2 fully saturated rings. The fourth-order valence-electron chi connectivity index (χ4n) is 3.96. The van der Waals surface area contributed by atoms with Gasteiger partial charge in [-0.1, -0.05) is 20.3 Å². The quantitative estimate of drug-likeness (QED) is 0.835. The summed E-state index contributed by atoms with van der Waals surface area (Å²) >= 11 is 0. The molecule has 0 radical (unpaired) electrons. The minimum Gasteiger partial charge on any atom is -0.313 e. The second-order valence-electron chi connectivity index (χ2n) is 6.74. The van der Waals surface area contributed by atoms with Crippen molar-refractivity contribution in [2.45, 2.75) is 51.5 Å². The molecule has 4 unspecified atom stereocenters.